The smallest absolute Gasteiger partial charge is 0.175 e. The lowest BCUT2D eigenvalue weighted by Crippen LogP contribution is -2.20. The van der Waals surface area contributed by atoms with E-state index in [1.54, 1.807) is 6.20 Å². The number of benzene rings is 2. The van der Waals surface area contributed by atoms with E-state index in [9.17, 15) is 0 Å². The molecule has 1 aliphatic heterocycles. The van der Waals surface area contributed by atoms with Crippen molar-refractivity contribution < 1.29 is 0 Å². The Labute approximate surface area is 110 Å². The van der Waals surface area contributed by atoms with Crippen LogP contribution in [0.2, 0.25) is 0 Å². The average molecular weight is 248 g/mol. The Morgan fingerprint density at radius 1 is 1.11 bits per heavy atom. The van der Waals surface area contributed by atoms with E-state index in [1.165, 1.54) is 10.8 Å². The Morgan fingerprint density at radius 3 is 2.74 bits per heavy atom. The summed E-state index contributed by atoms with van der Waals surface area (Å²) in [7, 11) is 1.97. The summed E-state index contributed by atoms with van der Waals surface area (Å²) in [6.07, 6.45) is 3.70. The first-order chi connectivity index (χ1) is 9.33. The third-order valence-electron chi connectivity index (χ3n) is 3.40. The van der Waals surface area contributed by atoms with E-state index >= 15 is 0 Å². The number of nitrogens with zero attached hydrogens (tertiary/aromatic N) is 3. The summed E-state index contributed by atoms with van der Waals surface area (Å²) in [5.41, 5.74) is 2.07. The van der Waals surface area contributed by atoms with Crippen LogP contribution in [0.5, 0.6) is 0 Å². The molecule has 1 N–H and O–H groups in total. The van der Waals surface area contributed by atoms with Crippen molar-refractivity contribution in [1.29, 1.82) is 0 Å². The van der Waals surface area contributed by atoms with Gasteiger partial charge in [-0.05, 0) is 17.5 Å². The highest BCUT2D eigenvalue weighted by Crippen LogP contribution is 2.35. The minimum absolute atomic E-state index is 0.790. The summed E-state index contributed by atoms with van der Waals surface area (Å²) < 4.78 is 1.96. The zero-order chi connectivity index (χ0) is 12.8. The molecule has 3 aromatic rings. The van der Waals surface area contributed by atoms with Crippen LogP contribution in [0.15, 0.2) is 53.8 Å². The lowest BCUT2D eigenvalue weighted by molar-refractivity contribution is 0.896. The first kappa shape index (κ1) is 10.3. The van der Waals surface area contributed by atoms with Gasteiger partial charge in [0.05, 0.1) is 5.69 Å². The van der Waals surface area contributed by atoms with Crippen molar-refractivity contribution in [1.82, 2.24) is 9.55 Å². The van der Waals surface area contributed by atoms with Crippen molar-refractivity contribution in [2.24, 2.45) is 12.0 Å². The number of hydrogen-bond donors (Lipinski definition) is 1. The first-order valence-corrected chi connectivity index (χ1v) is 6.18. The van der Waals surface area contributed by atoms with Gasteiger partial charge in [-0.25, -0.2) is 9.98 Å². The molecule has 0 bridgehead atoms. The molecule has 0 unspecified atom stereocenters. The lowest BCUT2D eigenvalue weighted by atomic mass is 10.1. The topological polar surface area (TPSA) is 42.2 Å². The van der Waals surface area contributed by atoms with Crippen LogP contribution in [-0.2, 0) is 7.05 Å². The van der Waals surface area contributed by atoms with E-state index in [0.29, 0.717) is 0 Å². The molecule has 4 nitrogen and oxygen atoms in total. The van der Waals surface area contributed by atoms with Gasteiger partial charge in [0.25, 0.3) is 0 Å². The number of anilines is 1. The molecule has 0 radical (unpaired) electrons. The molecule has 0 saturated carbocycles. The van der Waals surface area contributed by atoms with Crippen LogP contribution in [0.3, 0.4) is 0 Å². The highest BCUT2D eigenvalue weighted by atomic mass is 15.1. The van der Waals surface area contributed by atoms with Gasteiger partial charge in [-0.2, -0.15) is 0 Å². The highest BCUT2D eigenvalue weighted by molar-refractivity contribution is 6.17. The predicted molar refractivity (Wildman–Crippen MR) is 77.0 cm³/mol. The summed E-state index contributed by atoms with van der Waals surface area (Å²) in [5.74, 6) is 1.63. The maximum atomic E-state index is 4.69. The molecule has 92 valence electrons. The highest BCUT2D eigenvalue weighted by Gasteiger charge is 2.17. The van der Waals surface area contributed by atoms with Crippen molar-refractivity contribution in [3.05, 3.63) is 54.6 Å². The summed E-state index contributed by atoms with van der Waals surface area (Å²) in [6, 6.07) is 12.4. The van der Waals surface area contributed by atoms with Crippen molar-refractivity contribution in [2.75, 3.05) is 5.32 Å². The van der Waals surface area contributed by atoms with Gasteiger partial charge in [-0.15, -0.1) is 0 Å². The second kappa shape index (κ2) is 3.68. The molecule has 0 fully saturated rings. The second-order valence-electron chi connectivity index (χ2n) is 4.63. The van der Waals surface area contributed by atoms with Crippen molar-refractivity contribution in [2.45, 2.75) is 0 Å². The third-order valence-corrected chi connectivity index (χ3v) is 3.40. The van der Waals surface area contributed by atoms with Crippen LogP contribution in [-0.4, -0.2) is 15.4 Å². The first-order valence-electron chi connectivity index (χ1n) is 6.18. The molecule has 2 aromatic carbocycles. The van der Waals surface area contributed by atoms with Gasteiger partial charge in [0, 0.05) is 30.5 Å². The average Bonchev–Trinajstić information content (AvgIpc) is 2.85. The van der Waals surface area contributed by atoms with Crippen molar-refractivity contribution in [3.8, 4) is 0 Å². The van der Waals surface area contributed by atoms with Gasteiger partial charge in [0.2, 0.25) is 0 Å². The van der Waals surface area contributed by atoms with Crippen LogP contribution in [0.25, 0.3) is 10.8 Å². The molecule has 0 amide bonds. The molecule has 1 aliphatic rings. The Morgan fingerprint density at radius 2 is 1.95 bits per heavy atom. The molecule has 0 atom stereocenters. The summed E-state index contributed by atoms with van der Waals surface area (Å²) in [4.78, 5) is 9.04. The van der Waals surface area contributed by atoms with Gasteiger partial charge in [0.1, 0.15) is 0 Å². The Bertz CT molecular complexity index is 809. The van der Waals surface area contributed by atoms with E-state index < -0.39 is 0 Å². The number of hydrogen-bond acceptors (Lipinski definition) is 3. The minimum Gasteiger partial charge on any atom is -0.337 e. The molecule has 4 rings (SSSR count). The van der Waals surface area contributed by atoms with E-state index in [1.807, 2.05) is 29.9 Å². The fourth-order valence-electron chi connectivity index (χ4n) is 2.49. The number of nitrogens with one attached hydrogen (secondary N) is 1. The third kappa shape index (κ3) is 1.46. The number of imidazole rings is 1. The number of rotatable bonds is 1. The van der Waals surface area contributed by atoms with Gasteiger partial charge in [0.15, 0.2) is 11.7 Å². The maximum Gasteiger partial charge on any atom is 0.175 e. The Hall–Kier alpha value is -2.62. The monoisotopic (exact) mass is 248 g/mol. The van der Waals surface area contributed by atoms with Crippen LogP contribution < -0.4 is 5.32 Å². The van der Waals surface area contributed by atoms with E-state index in [-0.39, 0.29) is 0 Å². The molecule has 1 aromatic heterocycles. The Balaban J connectivity index is 1.99. The number of aryl methyl sites for hydroxylation is 1. The van der Waals surface area contributed by atoms with Crippen molar-refractivity contribution in [3.63, 3.8) is 0 Å². The van der Waals surface area contributed by atoms with Gasteiger partial charge >= 0.3 is 0 Å². The minimum atomic E-state index is 0.790. The molecule has 0 spiro atoms. The number of amidine groups is 1. The zero-order valence-electron chi connectivity index (χ0n) is 10.5. The molecule has 19 heavy (non-hydrogen) atoms. The standard InChI is InChI=1S/C15H12N4/c1-19-9-8-16-15(19)14-17-11-6-2-4-10-5-3-7-12(18-14)13(10)11/h2-9H,1H3,(H,17,18). The van der Waals surface area contributed by atoms with E-state index in [4.69, 9.17) is 0 Å². The van der Waals surface area contributed by atoms with E-state index in [0.717, 1.165) is 23.0 Å². The van der Waals surface area contributed by atoms with Gasteiger partial charge in [-0.1, -0.05) is 24.3 Å². The second-order valence-corrected chi connectivity index (χ2v) is 4.63. The molecular weight excluding hydrogens is 236 g/mol. The summed E-state index contributed by atoms with van der Waals surface area (Å²) >= 11 is 0. The normalized spacial score (nSPS) is 13.2. The fourth-order valence-corrected chi connectivity index (χ4v) is 2.49. The van der Waals surface area contributed by atoms with Crippen molar-refractivity contribution >= 4 is 28.0 Å². The molecule has 4 heteroatoms. The summed E-state index contributed by atoms with van der Waals surface area (Å²) in [6.45, 7) is 0. The number of aliphatic imine (C=N–C) groups is 1. The summed E-state index contributed by atoms with van der Waals surface area (Å²) in [5, 5.41) is 5.74. The zero-order valence-corrected chi connectivity index (χ0v) is 10.5. The van der Waals surface area contributed by atoms with Gasteiger partial charge in [-0.3, -0.25) is 0 Å². The maximum absolute atomic E-state index is 4.69. The Kier molecular flexibility index (Phi) is 2.00. The molecule has 0 aliphatic carbocycles. The number of aromatic nitrogens is 2. The van der Waals surface area contributed by atoms with E-state index in [2.05, 4.69) is 39.6 Å². The fraction of sp³-hybridized carbons (Fsp3) is 0.0667. The molecule has 2 heterocycles. The molecular formula is C15H12N4. The van der Waals surface area contributed by atoms with Crippen LogP contribution in [0, 0.1) is 0 Å². The van der Waals surface area contributed by atoms with Crippen LogP contribution in [0.4, 0.5) is 11.4 Å². The largest absolute Gasteiger partial charge is 0.337 e. The molecule has 0 saturated heterocycles. The predicted octanol–water partition coefficient (Wildman–Crippen LogP) is 3.08. The quantitative estimate of drug-likeness (QED) is 0.719. The lowest BCUT2D eigenvalue weighted by Gasteiger charge is -2.18. The van der Waals surface area contributed by atoms with Gasteiger partial charge < -0.3 is 9.88 Å². The van der Waals surface area contributed by atoms with Crippen LogP contribution >= 0.6 is 0 Å². The van der Waals surface area contributed by atoms with Crippen LogP contribution in [0.1, 0.15) is 5.82 Å². The SMILES string of the molecule is Cn1ccnc1C1=Nc2cccc3cccc(c23)N1.